The summed E-state index contributed by atoms with van der Waals surface area (Å²) in [5.74, 6) is 7.43. The molecule has 1 saturated heterocycles. The van der Waals surface area contributed by atoms with Crippen molar-refractivity contribution in [3.8, 4) is 0 Å². The Morgan fingerprint density at radius 1 is 1.03 bits per heavy atom. The summed E-state index contributed by atoms with van der Waals surface area (Å²) in [4.78, 5) is 18.7. The first kappa shape index (κ1) is 20.7. The van der Waals surface area contributed by atoms with E-state index in [0.717, 1.165) is 43.3 Å². The van der Waals surface area contributed by atoms with Gasteiger partial charge in [0.05, 0.1) is 17.6 Å². The lowest BCUT2D eigenvalue weighted by molar-refractivity contribution is 0.248. The van der Waals surface area contributed by atoms with Gasteiger partial charge in [0.25, 0.3) is 0 Å². The second-order valence-corrected chi connectivity index (χ2v) is 8.92. The zero-order valence-electron chi connectivity index (χ0n) is 18.7. The number of hydrogen-bond acceptors (Lipinski definition) is 9. The van der Waals surface area contributed by atoms with Crippen LogP contribution >= 0.6 is 0 Å². The van der Waals surface area contributed by atoms with Gasteiger partial charge in [0, 0.05) is 49.8 Å². The van der Waals surface area contributed by atoms with Gasteiger partial charge in [-0.3, -0.25) is 4.90 Å². The number of pyridine rings is 1. The minimum atomic E-state index is 0.0784. The van der Waals surface area contributed by atoms with Crippen LogP contribution in [0.2, 0.25) is 0 Å². The van der Waals surface area contributed by atoms with Crippen molar-refractivity contribution in [1.82, 2.24) is 19.9 Å². The Morgan fingerprint density at radius 2 is 1.81 bits per heavy atom. The minimum absolute atomic E-state index is 0.0784. The van der Waals surface area contributed by atoms with E-state index in [9.17, 15) is 0 Å². The molecule has 0 atom stereocenters. The predicted octanol–water partition coefficient (Wildman–Crippen LogP) is 2.72. The standard InChI is InChI=1S/C23H31N9/c1-15(2)32(25)22-19(24)7-3-16-13-27-23(29-21(16)22)28-20-8-6-18(14-26-20)31-11-9-30(10-12-31)17-4-5-17/h3,6-8,13-15,17H,4-5,9-12,24-25H2,1-2H3,(H,26,27,28,29). The molecular formula is C23H31N9. The number of benzene rings is 1. The highest BCUT2D eigenvalue weighted by molar-refractivity contribution is 5.97. The summed E-state index contributed by atoms with van der Waals surface area (Å²) in [7, 11) is 0. The van der Waals surface area contributed by atoms with Crippen LogP contribution in [-0.2, 0) is 0 Å². The summed E-state index contributed by atoms with van der Waals surface area (Å²) in [5, 5.41) is 5.73. The lowest BCUT2D eigenvalue weighted by atomic mass is 10.1. The average molecular weight is 434 g/mol. The number of hydrazine groups is 1. The smallest absolute Gasteiger partial charge is 0.228 e. The molecule has 1 aliphatic heterocycles. The fourth-order valence-corrected chi connectivity index (χ4v) is 4.23. The first-order valence-electron chi connectivity index (χ1n) is 11.3. The van der Waals surface area contributed by atoms with E-state index in [1.54, 1.807) is 11.2 Å². The molecule has 9 nitrogen and oxygen atoms in total. The number of piperazine rings is 1. The second-order valence-electron chi connectivity index (χ2n) is 8.92. The van der Waals surface area contributed by atoms with Gasteiger partial charge in [0.2, 0.25) is 5.95 Å². The molecule has 168 valence electrons. The van der Waals surface area contributed by atoms with Gasteiger partial charge in [-0.2, -0.15) is 0 Å². The monoisotopic (exact) mass is 433 g/mol. The Morgan fingerprint density at radius 3 is 2.47 bits per heavy atom. The second kappa shape index (κ2) is 8.40. The van der Waals surface area contributed by atoms with Gasteiger partial charge in [-0.1, -0.05) is 0 Å². The highest BCUT2D eigenvalue weighted by atomic mass is 15.4. The molecule has 5 N–H and O–H groups in total. The van der Waals surface area contributed by atoms with Gasteiger partial charge in [0.15, 0.2) is 0 Å². The fraction of sp³-hybridized carbons (Fsp3) is 0.435. The summed E-state index contributed by atoms with van der Waals surface area (Å²) in [6.45, 7) is 8.39. The average Bonchev–Trinajstić information content (AvgIpc) is 3.65. The number of nitrogen functional groups attached to an aromatic ring is 1. The van der Waals surface area contributed by atoms with E-state index in [4.69, 9.17) is 16.6 Å². The van der Waals surface area contributed by atoms with E-state index in [1.807, 2.05) is 38.2 Å². The summed E-state index contributed by atoms with van der Waals surface area (Å²) in [6, 6.07) is 8.73. The largest absolute Gasteiger partial charge is 0.397 e. The molecule has 0 spiro atoms. The Hall–Kier alpha value is -3.17. The van der Waals surface area contributed by atoms with E-state index < -0.39 is 0 Å². The van der Waals surface area contributed by atoms with Crippen LogP contribution in [0.4, 0.5) is 28.8 Å². The van der Waals surface area contributed by atoms with Gasteiger partial charge in [0.1, 0.15) is 17.0 Å². The topological polar surface area (TPSA) is 112 Å². The highest BCUT2D eigenvalue weighted by Gasteiger charge is 2.31. The normalized spacial score (nSPS) is 17.2. The van der Waals surface area contributed by atoms with E-state index in [-0.39, 0.29) is 6.04 Å². The first-order valence-corrected chi connectivity index (χ1v) is 11.3. The van der Waals surface area contributed by atoms with Crippen LogP contribution < -0.4 is 26.8 Å². The number of anilines is 5. The zero-order chi connectivity index (χ0) is 22.2. The van der Waals surface area contributed by atoms with Crippen LogP contribution in [-0.4, -0.2) is 58.1 Å². The van der Waals surface area contributed by atoms with Gasteiger partial charge in [-0.25, -0.2) is 20.8 Å². The predicted molar refractivity (Wildman–Crippen MR) is 130 cm³/mol. The van der Waals surface area contributed by atoms with Crippen LogP contribution in [0.5, 0.6) is 0 Å². The molecule has 1 aromatic carbocycles. The van der Waals surface area contributed by atoms with E-state index in [2.05, 4.69) is 31.2 Å². The maximum atomic E-state index is 6.28. The molecule has 3 heterocycles. The lowest BCUT2D eigenvalue weighted by Gasteiger charge is -2.36. The molecule has 0 unspecified atom stereocenters. The maximum absolute atomic E-state index is 6.28. The van der Waals surface area contributed by atoms with Crippen LogP contribution in [0.15, 0.2) is 36.7 Å². The number of aromatic nitrogens is 3. The van der Waals surface area contributed by atoms with Crippen molar-refractivity contribution in [3.05, 3.63) is 36.7 Å². The van der Waals surface area contributed by atoms with Crippen molar-refractivity contribution >= 4 is 39.7 Å². The number of nitrogens with one attached hydrogen (secondary N) is 1. The quantitative estimate of drug-likeness (QED) is 0.307. The van der Waals surface area contributed by atoms with Gasteiger partial charge < -0.3 is 21.0 Å². The van der Waals surface area contributed by atoms with Crippen molar-refractivity contribution in [3.63, 3.8) is 0 Å². The molecule has 0 radical (unpaired) electrons. The molecule has 5 rings (SSSR count). The third kappa shape index (κ3) is 4.13. The number of nitrogens with two attached hydrogens (primary N) is 2. The Labute approximate surface area is 188 Å². The molecule has 2 aliphatic rings. The molecule has 1 aliphatic carbocycles. The molecule has 2 fully saturated rings. The molecule has 1 saturated carbocycles. The van der Waals surface area contributed by atoms with Gasteiger partial charge in [-0.15, -0.1) is 0 Å². The first-order chi connectivity index (χ1) is 15.5. The SMILES string of the molecule is CC(C)N(N)c1c(N)ccc2cnc(Nc3ccc(N4CCN(C5CC5)CC4)cn3)nc12. The van der Waals surface area contributed by atoms with E-state index in [0.29, 0.717) is 28.7 Å². The molecular weight excluding hydrogens is 402 g/mol. The van der Waals surface area contributed by atoms with Crippen LogP contribution in [0, 0.1) is 0 Å². The Balaban J connectivity index is 1.32. The number of rotatable bonds is 6. The third-order valence-corrected chi connectivity index (χ3v) is 6.30. The zero-order valence-corrected chi connectivity index (χ0v) is 18.7. The van der Waals surface area contributed by atoms with Crippen LogP contribution in [0.1, 0.15) is 26.7 Å². The molecule has 0 amide bonds. The number of hydrogen-bond donors (Lipinski definition) is 3. The molecule has 32 heavy (non-hydrogen) atoms. The summed E-state index contributed by atoms with van der Waals surface area (Å²) in [5.41, 5.74) is 9.37. The Bertz CT molecular complexity index is 1090. The highest BCUT2D eigenvalue weighted by Crippen LogP contribution is 2.32. The van der Waals surface area contributed by atoms with Crippen molar-refractivity contribution in [2.75, 3.05) is 47.1 Å². The van der Waals surface area contributed by atoms with E-state index >= 15 is 0 Å². The maximum Gasteiger partial charge on any atom is 0.228 e. The van der Waals surface area contributed by atoms with Crippen molar-refractivity contribution < 1.29 is 0 Å². The number of nitrogens with zero attached hydrogens (tertiary/aromatic N) is 6. The molecule has 0 bridgehead atoms. The van der Waals surface area contributed by atoms with Crippen LogP contribution in [0.3, 0.4) is 0 Å². The van der Waals surface area contributed by atoms with Gasteiger partial charge in [-0.05, 0) is 51.0 Å². The molecule has 3 aromatic rings. The Kier molecular flexibility index (Phi) is 5.44. The third-order valence-electron chi connectivity index (χ3n) is 6.30. The minimum Gasteiger partial charge on any atom is -0.397 e. The lowest BCUT2D eigenvalue weighted by Crippen LogP contribution is -2.47. The molecule has 2 aromatic heterocycles. The summed E-state index contributed by atoms with van der Waals surface area (Å²) < 4.78 is 0. The number of fused-ring (bicyclic) bond motifs is 1. The van der Waals surface area contributed by atoms with Crippen molar-refractivity contribution in [2.24, 2.45) is 5.84 Å². The van der Waals surface area contributed by atoms with E-state index in [1.165, 1.54) is 12.8 Å². The van der Waals surface area contributed by atoms with Crippen LogP contribution in [0.25, 0.3) is 10.9 Å². The van der Waals surface area contributed by atoms with Crippen molar-refractivity contribution in [2.45, 2.75) is 38.8 Å². The summed E-state index contributed by atoms with van der Waals surface area (Å²) >= 11 is 0. The van der Waals surface area contributed by atoms with Gasteiger partial charge >= 0.3 is 0 Å². The summed E-state index contributed by atoms with van der Waals surface area (Å²) in [6.07, 6.45) is 6.43. The fourth-order valence-electron chi connectivity index (χ4n) is 4.23. The molecule has 9 heteroatoms. The van der Waals surface area contributed by atoms with Crippen molar-refractivity contribution in [1.29, 1.82) is 0 Å².